The Balaban J connectivity index is 1.28. The Hall–Kier alpha value is -6.38. The Morgan fingerprint density at radius 3 is 2.08 bits per heavy atom. The van der Waals surface area contributed by atoms with Crippen LogP contribution in [0.5, 0.6) is 5.75 Å². The largest absolute Gasteiger partial charge is 0.461 e. The Kier molecular flexibility index (Phi) is 7.06. The lowest BCUT2D eigenvalue weighted by molar-refractivity contribution is 0.446. The maximum Gasteiger partial charge on any atom is 0.132 e. The molecule has 0 saturated carbocycles. The van der Waals surface area contributed by atoms with E-state index in [1.807, 2.05) is 18.2 Å². The third-order valence-corrected chi connectivity index (χ3v) is 9.68. The molecule has 0 aromatic heterocycles. The standard InChI is InChI=1S/C47H33NO/c1-2-3-4-18-36-31-44-46(24-12-25-47(44)49-36)48(35-17-9-16-34(30-35)39-21-10-15-32-13-5-7-19-37(32)39)45-23-11-22-40-42-27-26-33-14-6-8-20-38(33)41(42)28-29-43(40)45/h2-30H,1,31H2/b4-3-,36-18+. The minimum atomic E-state index is 0.701. The van der Waals surface area contributed by atoms with Crippen molar-refractivity contribution >= 4 is 60.2 Å². The Morgan fingerprint density at radius 2 is 1.18 bits per heavy atom. The van der Waals surface area contributed by atoms with E-state index in [4.69, 9.17) is 4.74 Å². The molecule has 0 N–H and O–H groups in total. The number of rotatable bonds is 6. The summed E-state index contributed by atoms with van der Waals surface area (Å²) < 4.78 is 6.39. The minimum absolute atomic E-state index is 0.701. The number of fused-ring (bicyclic) bond motifs is 7. The zero-order valence-electron chi connectivity index (χ0n) is 27.0. The van der Waals surface area contributed by atoms with Crippen molar-refractivity contribution < 1.29 is 4.74 Å². The normalized spacial score (nSPS) is 13.4. The van der Waals surface area contributed by atoms with Gasteiger partial charge in [0.25, 0.3) is 0 Å². The second kappa shape index (κ2) is 12.0. The van der Waals surface area contributed by atoms with E-state index < -0.39 is 0 Å². The Bertz CT molecular complexity index is 2640. The van der Waals surface area contributed by atoms with Gasteiger partial charge in [0.1, 0.15) is 11.5 Å². The molecule has 1 aliphatic heterocycles. The van der Waals surface area contributed by atoms with Crippen molar-refractivity contribution in [2.24, 2.45) is 0 Å². The molecule has 0 saturated heterocycles. The molecule has 0 radical (unpaired) electrons. The molecule has 0 unspecified atom stereocenters. The molecule has 8 aromatic rings. The molecule has 0 spiro atoms. The van der Waals surface area contributed by atoms with Gasteiger partial charge in [0.15, 0.2) is 0 Å². The molecule has 8 aromatic carbocycles. The average molecular weight is 628 g/mol. The fourth-order valence-corrected chi connectivity index (χ4v) is 7.46. The topological polar surface area (TPSA) is 12.5 Å². The molecule has 0 aliphatic carbocycles. The summed E-state index contributed by atoms with van der Waals surface area (Å²) in [5.41, 5.74) is 6.88. The van der Waals surface area contributed by atoms with Crippen LogP contribution < -0.4 is 9.64 Å². The number of benzene rings is 8. The van der Waals surface area contributed by atoms with Crippen LogP contribution in [-0.2, 0) is 6.42 Å². The van der Waals surface area contributed by atoms with Crippen molar-refractivity contribution in [3.8, 4) is 16.9 Å². The second-order valence-corrected chi connectivity index (χ2v) is 12.5. The van der Waals surface area contributed by atoms with E-state index in [0.717, 1.165) is 28.6 Å². The van der Waals surface area contributed by atoms with Crippen LogP contribution in [0.25, 0.3) is 54.2 Å². The molecule has 9 rings (SSSR count). The van der Waals surface area contributed by atoms with Crippen molar-refractivity contribution in [1.29, 1.82) is 0 Å². The van der Waals surface area contributed by atoms with E-state index in [9.17, 15) is 0 Å². The van der Waals surface area contributed by atoms with Gasteiger partial charge in [-0.25, -0.2) is 0 Å². The monoisotopic (exact) mass is 627 g/mol. The molecule has 1 heterocycles. The lowest BCUT2D eigenvalue weighted by Crippen LogP contribution is -2.12. The molecule has 2 heteroatoms. The van der Waals surface area contributed by atoms with Crippen LogP contribution in [0, 0.1) is 0 Å². The quantitative estimate of drug-likeness (QED) is 0.134. The first-order chi connectivity index (χ1) is 24.3. The Labute approximate surface area is 286 Å². The summed E-state index contributed by atoms with van der Waals surface area (Å²) in [5, 5.41) is 9.95. The summed E-state index contributed by atoms with van der Waals surface area (Å²) >= 11 is 0. The summed E-state index contributed by atoms with van der Waals surface area (Å²) in [6.45, 7) is 3.81. The van der Waals surface area contributed by atoms with Crippen LogP contribution in [0.3, 0.4) is 0 Å². The van der Waals surface area contributed by atoms with E-state index in [1.54, 1.807) is 6.08 Å². The van der Waals surface area contributed by atoms with Gasteiger partial charge in [-0.05, 0) is 85.2 Å². The molecule has 49 heavy (non-hydrogen) atoms. The highest BCUT2D eigenvalue weighted by Gasteiger charge is 2.26. The number of ether oxygens (including phenoxy) is 1. The first kappa shape index (κ1) is 28.8. The maximum absolute atomic E-state index is 6.39. The number of allylic oxidation sites excluding steroid dienone is 5. The molecule has 0 atom stereocenters. The number of anilines is 3. The van der Waals surface area contributed by atoms with E-state index >= 15 is 0 Å². The summed E-state index contributed by atoms with van der Waals surface area (Å²) in [7, 11) is 0. The minimum Gasteiger partial charge on any atom is -0.461 e. The number of nitrogens with zero attached hydrogens (tertiary/aromatic N) is 1. The van der Waals surface area contributed by atoms with Crippen LogP contribution >= 0.6 is 0 Å². The third kappa shape index (κ3) is 4.97. The first-order valence-electron chi connectivity index (χ1n) is 16.8. The van der Waals surface area contributed by atoms with Gasteiger partial charge in [-0.3, -0.25) is 0 Å². The molecule has 0 amide bonds. The van der Waals surface area contributed by atoms with Crippen LogP contribution in [-0.4, -0.2) is 0 Å². The predicted molar refractivity (Wildman–Crippen MR) is 208 cm³/mol. The van der Waals surface area contributed by atoms with Gasteiger partial charge in [-0.2, -0.15) is 0 Å². The van der Waals surface area contributed by atoms with Crippen molar-refractivity contribution in [3.63, 3.8) is 0 Å². The van der Waals surface area contributed by atoms with Crippen LogP contribution in [0.1, 0.15) is 5.56 Å². The summed E-state index contributed by atoms with van der Waals surface area (Å²) in [6.07, 6.45) is 8.42. The second-order valence-electron chi connectivity index (χ2n) is 12.5. The van der Waals surface area contributed by atoms with Crippen LogP contribution in [0.15, 0.2) is 188 Å². The maximum atomic E-state index is 6.39. The van der Waals surface area contributed by atoms with Crippen molar-refractivity contribution in [3.05, 3.63) is 194 Å². The first-order valence-corrected chi connectivity index (χ1v) is 16.8. The van der Waals surface area contributed by atoms with E-state index in [-0.39, 0.29) is 0 Å². The fourth-order valence-electron chi connectivity index (χ4n) is 7.46. The summed E-state index contributed by atoms with van der Waals surface area (Å²) in [5.74, 6) is 1.81. The molecular weight excluding hydrogens is 595 g/mol. The van der Waals surface area contributed by atoms with Gasteiger partial charge < -0.3 is 9.64 Å². The van der Waals surface area contributed by atoms with Crippen molar-refractivity contribution in [2.45, 2.75) is 6.42 Å². The van der Waals surface area contributed by atoms with Crippen molar-refractivity contribution in [2.75, 3.05) is 4.90 Å². The number of hydrogen-bond donors (Lipinski definition) is 0. The molecule has 2 nitrogen and oxygen atoms in total. The SMILES string of the molecule is C=C/C=C\C=C1/Cc2c(cccc2N(c2cccc(-c3cccc4ccccc34)c2)c2cccc3c2ccc2c4ccccc4ccc32)O1. The van der Waals surface area contributed by atoms with Gasteiger partial charge in [-0.15, -0.1) is 0 Å². The van der Waals surface area contributed by atoms with Gasteiger partial charge in [0.05, 0.1) is 11.4 Å². The fraction of sp³-hybridized carbons (Fsp3) is 0.0213. The average Bonchev–Trinajstić information content (AvgIpc) is 3.58. The molecule has 232 valence electrons. The highest BCUT2D eigenvalue weighted by Crippen LogP contribution is 2.47. The smallest absolute Gasteiger partial charge is 0.132 e. The zero-order valence-corrected chi connectivity index (χ0v) is 27.0. The van der Waals surface area contributed by atoms with E-state index in [2.05, 4.69) is 163 Å². The lowest BCUT2D eigenvalue weighted by atomic mass is 9.95. The number of hydrogen-bond acceptors (Lipinski definition) is 2. The van der Waals surface area contributed by atoms with Crippen molar-refractivity contribution in [1.82, 2.24) is 0 Å². The van der Waals surface area contributed by atoms with Gasteiger partial charge in [-0.1, -0.05) is 146 Å². The molecule has 0 fully saturated rings. The molecule has 1 aliphatic rings. The van der Waals surface area contributed by atoms with Crippen LogP contribution in [0.4, 0.5) is 17.1 Å². The van der Waals surface area contributed by atoms with Gasteiger partial charge in [0, 0.05) is 23.1 Å². The highest BCUT2D eigenvalue weighted by molar-refractivity contribution is 6.19. The predicted octanol–water partition coefficient (Wildman–Crippen LogP) is 13.0. The zero-order chi connectivity index (χ0) is 32.7. The summed E-state index contributed by atoms with van der Waals surface area (Å²) in [6, 6.07) is 55.0. The van der Waals surface area contributed by atoms with E-state index in [0.29, 0.717) is 6.42 Å². The van der Waals surface area contributed by atoms with Gasteiger partial charge >= 0.3 is 0 Å². The highest BCUT2D eigenvalue weighted by atomic mass is 16.5. The van der Waals surface area contributed by atoms with E-state index in [1.165, 1.54) is 59.8 Å². The Morgan fingerprint density at radius 1 is 0.531 bits per heavy atom. The molecular formula is C47H33NO. The molecule has 0 bridgehead atoms. The summed E-state index contributed by atoms with van der Waals surface area (Å²) in [4.78, 5) is 2.43. The third-order valence-electron chi connectivity index (χ3n) is 9.68. The van der Waals surface area contributed by atoms with Gasteiger partial charge in [0.2, 0.25) is 0 Å². The van der Waals surface area contributed by atoms with Crippen LogP contribution in [0.2, 0.25) is 0 Å². The lowest BCUT2D eigenvalue weighted by Gasteiger charge is -2.29.